The summed E-state index contributed by atoms with van der Waals surface area (Å²) in [5.74, 6) is 7.26. The van der Waals surface area contributed by atoms with Crippen molar-refractivity contribution in [3.05, 3.63) is 173 Å². The van der Waals surface area contributed by atoms with Crippen LogP contribution in [0.5, 0.6) is 5.75 Å². The number of pyridine rings is 3. The number of rotatable bonds is 11. The molecule has 436 valence electrons. The first kappa shape index (κ1) is 57.4. The van der Waals surface area contributed by atoms with Crippen molar-refractivity contribution in [2.24, 2.45) is 0 Å². The summed E-state index contributed by atoms with van der Waals surface area (Å²) in [4.78, 5) is 47.6. The zero-order valence-corrected chi connectivity index (χ0v) is 51.2. The van der Waals surface area contributed by atoms with Crippen LogP contribution in [0.25, 0.3) is 33.8 Å². The Kier molecular flexibility index (Phi) is 17.2. The first-order valence-corrected chi connectivity index (χ1v) is 30.3. The molecule has 16 heteroatoms. The molecule has 1 fully saturated rings. The van der Waals surface area contributed by atoms with Crippen molar-refractivity contribution in [3.63, 3.8) is 0 Å². The molecule has 9 aromatic rings. The summed E-state index contributed by atoms with van der Waals surface area (Å²) >= 11 is 0. The Labute approximate surface area is 496 Å². The standard InChI is InChI=1S/C24H31N7.C22H26N4O.C22H26N4/c1-17(2)23-19(8-7-9-25-23)24-20-15-30(12-13-31(20)18(3)28-24)22-14-21(26-16-27-22)29-10-5-4-6-11-29;1-15(2)21-19(6-5-11-23-21)22-20-14-25(12-13-26(20)16(3)24-22)17-7-9-18(27-4)10-8-17;1-15(2)21-19(6-5-11-23-21)22-20-14-25(12-13-26(20)17(4)24-22)18-9-7-16(3)8-10-18/h7-9,14,16-17H,4-6,10-13,15H2,1-3H3;5-11,15H,12-14H2,1-4H3;5-11,15H,12-14H2,1-4H3. The topological polar surface area (TPSA) is 140 Å². The number of nitrogens with zero attached hydrogens (tertiary/aromatic N) is 15. The molecule has 4 aliphatic heterocycles. The fourth-order valence-corrected chi connectivity index (χ4v) is 12.5. The molecule has 4 aliphatic rings. The zero-order chi connectivity index (χ0) is 58.6. The van der Waals surface area contributed by atoms with Crippen LogP contribution in [-0.4, -0.2) is 93.4 Å². The number of methoxy groups -OCH3 is 1. The summed E-state index contributed by atoms with van der Waals surface area (Å²) in [6.45, 7) is 32.0. The fourth-order valence-electron chi connectivity index (χ4n) is 12.5. The van der Waals surface area contributed by atoms with Crippen LogP contribution in [0, 0.1) is 27.7 Å². The Balaban J connectivity index is 0.000000132. The van der Waals surface area contributed by atoms with E-state index in [1.165, 1.54) is 58.8 Å². The Bertz CT molecular complexity index is 3700. The van der Waals surface area contributed by atoms with Gasteiger partial charge in [-0.1, -0.05) is 59.2 Å². The highest BCUT2D eigenvalue weighted by Crippen LogP contribution is 2.37. The maximum Gasteiger partial charge on any atom is 0.134 e. The number of imidazole rings is 3. The highest BCUT2D eigenvalue weighted by atomic mass is 16.5. The lowest BCUT2D eigenvalue weighted by atomic mass is 10.00. The number of benzene rings is 2. The average molecular weight is 1130 g/mol. The van der Waals surface area contributed by atoms with Gasteiger partial charge in [-0.3, -0.25) is 15.0 Å². The number of hydrogen-bond acceptors (Lipinski definition) is 13. The second-order valence-corrected chi connectivity index (χ2v) is 23.7. The second kappa shape index (κ2) is 25.2. The molecule has 0 amide bonds. The van der Waals surface area contributed by atoms with Crippen molar-refractivity contribution in [3.8, 4) is 39.5 Å². The number of ether oxygens (including phenoxy) is 1. The van der Waals surface area contributed by atoms with Crippen LogP contribution in [0.1, 0.15) is 136 Å². The fraction of sp³-hybridized carbons (Fsp3) is 0.412. The smallest absolute Gasteiger partial charge is 0.134 e. The summed E-state index contributed by atoms with van der Waals surface area (Å²) in [6, 6.07) is 31.8. The summed E-state index contributed by atoms with van der Waals surface area (Å²) in [5, 5.41) is 0. The van der Waals surface area contributed by atoms with Crippen molar-refractivity contribution >= 4 is 23.0 Å². The molecule has 7 aromatic heterocycles. The Morgan fingerprint density at radius 1 is 0.405 bits per heavy atom. The van der Waals surface area contributed by atoms with Gasteiger partial charge in [0.15, 0.2) is 0 Å². The van der Waals surface area contributed by atoms with Crippen LogP contribution < -0.4 is 24.3 Å². The van der Waals surface area contributed by atoms with E-state index in [2.05, 4.69) is 188 Å². The van der Waals surface area contributed by atoms with E-state index in [9.17, 15) is 0 Å². The first-order chi connectivity index (χ1) is 40.7. The van der Waals surface area contributed by atoms with Crippen LogP contribution in [0.3, 0.4) is 0 Å². The molecule has 0 N–H and O–H groups in total. The molecule has 0 atom stereocenters. The van der Waals surface area contributed by atoms with Gasteiger partial charge < -0.3 is 38.0 Å². The van der Waals surface area contributed by atoms with Gasteiger partial charge in [-0.25, -0.2) is 24.9 Å². The van der Waals surface area contributed by atoms with Crippen LogP contribution >= 0.6 is 0 Å². The third kappa shape index (κ3) is 12.0. The normalized spacial score (nSPS) is 14.9. The molecule has 0 saturated carbocycles. The summed E-state index contributed by atoms with van der Waals surface area (Å²) in [5.41, 5.74) is 17.6. The Hall–Kier alpha value is -8.40. The van der Waals surface area contributed by atoms with Crippen molar-refractivity contribution in [1.82, 2.24) is 53.6 Å². The minimum absolute atomic E-state index is 0.350. The third-order valence-electron chi connectivity index (χ3n) is 17.0. The molecule has 13 rings (SSSR count). The van der Waals surface area contributed by atoms with Gasteiger partial charge in [-0.2, -0.15) is 0 Å². The van der Waals surface area contributed by atoms with Gasteiger partial charge in [-0.15, -0.1) is 0 Å². The molecule has 0 unspecified atom stereocenters. The van der Waals surface area contributed by atoms with Crippen molar-refractivity contribution in [2.45, 2.75) is 146 Å². The summed E-state index contributed by atoms with van der Waals surface area (Å²) in [6.07, 6.45) is 11.2. The largest absolute Gasteiger partial charge is 0.497 e. The quantitative estimate of drug-likeness (QED) is 0.121. The van der Waals surface area contributed by atoms with Crippen molar-refractivity contribution < 1.29 is 4.74 Å². The molecule has 0 radical (unpaired) electrons. The van der Waals surface area contributed by atoms with Gasteiger partial charge in [0.05, 0.1) is 78.0 Å². The molecular weight excluding hydrogens is 1040 g/mol. The minimum Gasteiger partial charge on any atom is -0.497 e. The van der Waals surface area contributed by atoms with Crippen molar-refractivity contribution in [1.29, 1.82) is 0 Å². The predicted octanol–water partition coefficient (Wildman–Crippen LogP) is 13.3. The van der Waals surface area contributed by atoms with Crippen LogP contribution in [0.2, 0.25) is 0 Å². The third-order valence-corrected chi connectivity index (χ3v) is 17.0. The molecule has 11 heterocycles. The monoisotopic (exact) mass is 1130 g/mol. The average Bonchev–Trinajstić information content (AvgIpc) is 3.90. The lowest BCUT2D eigenvalue weighted by molar-refractivity contribution is 0.414. The van der Waals surface area contributed by atoms with Crippen LogP contribution in [0.15, 0.2) is 116 Å². The Morgan fingerprint density at radius 2 is 0.786 bits per heavy atom. The Morgan fingerprint density at radius 3 is 1.19 bits per heavy atom. The lowest BCUT2D eigenvalue weighted by Gasteiger charge is -2.32. The summed E-state index contributed by atoms with van der Waals surface area (Å²) in [7, 11) is 1.70. The molecule has 0 aliphatic carbocycles. The van der Waals surface area contributed by atoms with Crippen molar-refractivity contribution in [2.75, 3.05) is 59.4 Å². The van der Waals surface area contributed by atoms with Gasteiger partial charge in [0, 0.05) is 105 Å². The number of hydrogen-bond donors (Lipinski definition) is 0. The number of aromatic nitrogens is 11. The van der Waals surface area contributed by atoms with E-state index in [0.717, 1.165) is 152 Å². The number of fused-ring (bicyclic) bond motifs is 3. The van der Waals surface area contributed by atoms with E-state index >= 15 is 0 Å². The van der Waals surface area contributed by atoms with Gasteiger partial charge in [-0.05, 0) is 138 Å². The number of anilines is 4. The van der Waals surface area contributed by atoms with E-state index in [4.69, 9.17) is 19.7 Å². The lowest BCUT2D eigenvalue weighted by Crippen LogP contribution is -2.35. The zero-order valence-electron chi connectivity index (χ0n) is 51.2. The molecule has 0 spiro atoms. The molecule has 2 aromatic carbocycles. The van der Waals surface area contributed by atoms with Crippen LogP contribution in [-0.2, 0) is 39.3 Å². The molecule has 16 nitrogen and oxygen atoms in total. The van der Waals surface area contributed by atoms with Gasteiger partial charge >= 0.3 is 0 Å². The van der Waals surface area contributed by atoms with Gasteiger partial charge in [0.2, 0.25) is 0 Å². The van der Waals surface area contributed by atoms with Crippen LogP contribution in [0.4, 0.5) is 23.0 Å². The van der Waals surface area contributed by atoms with Gasteiger partial charge in [0.25, 0.3) is 0 Å². The van der Waals surface area contributed by atoms with E-state index < -0.39 is 0 Å². The molecule has 0 bridgehead atoms. The minimum atomic E-state index is 0.350. The molecule has 84 heavy (non-hydrogen) atoms. The number of aryl methyl sites for hydroxylation is 4. The highest BCUT2D eigenvalue weighted by molar-refractivity contribution is 5.69. The molecular formula is C68H83N15O. The van der Waals surface area contributed by atoms with Gasteiger partial charge in [0.1, 0.15) is 41.2 Å². The summed E-state index contributed by atoms with van der Waals surface area (Å²) < 4.78 is 12.4. The van der Waals surface area contributed by atoms with E-state index in [-0.39, 0.29) is 0 Å². The number of piperidine rings is 1. The predicted molar refractivity (Wildman–Crippen MR) is 338 cm³/mol. The highest BCUT2D eigenvalue weighted by Gasteiger charge is 2.30. The van der Waals surface area contributed by atoms with E-state index in [1.54, 1.807) is 13.4 Å². The maximum absolute atomic E-state index is 5.29. The molecule has 1 saturated heterocycles. The first-order valence-electron chi connectivity index (χ1n) is 30.3. The SMILES string of the molecule is COc1ccc(N2CCn3c(C)nc(-c4cccnc4C(C)C)c3C2)cc1.Cc1ccc(N2CCn3c(C)nc(-c4cccnc4C(C)C)c3C2)cc1.Cc1nc(-c2cccnc2C(C)C)c2n1CCN(c1cc(N3CCCCC3)ncn1)C2. The second-order valence-electron chi connectivity index (χ2n) is 23.7. The van der Waals surface area contributed by atoms with E-state index in [1.807, 2.05) is 48.9 Å². The maximum atomic E-state index is 5.29. The van der Waals surface area contributed by atoms with E-state index in [0.29, 0.717) is 17.8 Å².